The van der Waals surface area contributed by atoms with Crippen molar-refractivity contribution in [1.29, 1.82) is 0 Å². The maximum Gasteiger partial charge on any atom is 0.283 e. The molecule has 2 aromatic carbocycles. The summed E-state index contributed by atoms with van der Waals surface area (Å²) in [5, 5.41) is 14.2. The van der Waals surface area contributed by atoms with E-state index in [0.717, 1.165) is 16.2 Å². The molecule has 0 saturated heterocycles. The summed E-state index contributed by atoms with van der Waals surface area (Å²) in [4.78, 5) is 13.8. The molecule has 1 heterocycles. The molecular weight excluding hydrogens is 390 g/mol. The summed E-state index contributed by atoms with van der Waals surface area (Å²) in [6, 6.07) is 14.1. The second-order valence-electron chi connectivity index (χ2n) is 6.14. The number of hydrogen-bond donors (Lipinski definition) is 3. The molecule has 0 atom stereocenters. The molecule has 0 saturated carbocycles. The molecule has 0 bridgehead atoms. The number of phenols is 1. The van der Waals surface area contributed by atoms with Crippen molar-refractivity contribution in [3.05, 3.63) is 59.0 Å². The molecule has 3 rings (SSSR count). The number of nitrogen functional groups attached to an aromatic ring is 1. The van der Waals surface area contributed by atoms with Gasteiger partial charge in [-0.3, -0.25) is 4.79 Å². The predicted octanol–water partition coefficient (Wildman–Crippen LogP) is 3.87. The van der Waals surface area contributed by atoms with Crippen LogP contribution in [0.5, 0.6) is 17.2 Å². The third-order valence-corrected chi connectivity index (χ3v) is 5.46. The first kappa shape index (κ1) is 20.2. The van der Waals surface area contributed by atoms with Crippen LogP contribution in [0.1, 0.15) is 22.2 Å². The van der Waals surface area contributed by atoms with Gasteiger partial charge in [0.15, 0.2) is 0 Å². The summed E-state index contributed by atoms with van der Waals surface area (Å²) in [7, 11) is 3.12. The number of nitrogens with one attached hydrogen (secondary N) is 1. The summed E-state index contributed by atoms with van der Waals surface area (Å²) in [6.45, 7) is 1.68. The lowest BCUT2D eigenvalue weighted by Crippen LogP contribution is -2.19. The van der Waals surface area contributed by atoms with Gasteiger partial charge in [-0.05, 0) is 55.0 Å². The fraction of sp³-hybridized carbons (Fsp3) is 0.143. The average molecular weight is 411 g/mol. The second kappa shape index (κ2) is 8.66. The Hall–Kier alpha value is -3.52. The van der Waals surface area contributed by atoms with Gasteiger partial charge in [-0.25, -0.2) is 5.43 Å². The van der Waals surface area contributed by atoms with Crippen molar-refractivity contribution < 1.29 is 19.4 Å². The summed E-state index contributed by atoms with van der Waals surface area (Å²) in [5.74, 6) is 0.875. The van der Waals surface area contributed by atoms with Crippen LogP contribution in [-0.2, 0) is 0 Å². The Labute approximate surface area is 172 Å². The number of thiophene rings is 1. The number of aromatic hydroxyl groups is 1. The van der Waals surface area contributed by atoms with Crippen molar-refractivity contribution in [2.75, 3.05) is 20.0 Å². The number of nitrogens with zero attached hydrogens (tertiary/aromatic N) is 1. The lowest BCUT2D eigenvalue weighted by atomic mass is 10.1. The van der Waals surface area contributed by atoms with Crippen molar-refractivity contribution in [2.24, 2.45) is 5.10 Å². The van der Waals surface area contributed by atoms with E-state index in [1.165, 1.54) is 24.5 Å². The third kappa shape index (κ3) is 4.49. The number of carbonyl (C=O) groups is 1. The number of nitrogens with two attached hydrogens (primary N) is 1. The number of hydrogen-bond acceptors (Lipinski definition) is 7. The minimum atomic E-state index is -0.417. The van der Waals surface area contributed by atoms with Gasteiger partial charge in [0.1, 0.15) is 22.1 Å². The van der Waals surface area contributed by atoms with Crippen molar-refractivity contribution >= 4 is 28.6 Å². The Balaban J connectivity index is 1.77. The fourth-order valence-corrected chi connectivity index (χ4v) is 3.64. The van der Waals surface area contributed by atoms with Gasteiger partial charge < -0.3 is 20.3 Å². The molecule has 0 spiro atoms. The Morgan fingerprint density at radius 3 is 2.34 bits per heavy atom. The van der Waals surface area contributed by atoms with Crippen LogP contribution in [0.15, 0.2) is 53.6 Å². The monoisotopic (exact) mass is 411 g/mol. The Bertz CT molecular complexity index is 1060. The lowest BCUT2D eigenvalue weighted by Gasteiger charge is -2.07. The molecule has 0 aliphatic heterocycles. The molecule has 8 heteroatoms. The molecule has 0 aliphatic rings. The van der Waals surface area contributed by atoms with Crippen molar-refractivity contribution in [3.8, 4) is 27.7 Å². The number of ether oxygens (including phenoxy) is 2. The zero-order valence-electron chi connectivity index (χ0n) is 16.2. The first-order valence-electron chi connectivity index (χ1n) is 8.68. The molecule has 150 valence electrons. The van der Waals surface area contributed by atoms with E-state index in [-0.39, 0.29) is 5.75 Å². The molecule has 1 aromatic heterocycles. The highest BCUT2D eigenvalue weighted by atomic mass is 32.1. The molecule has 0 fully saturated rings. The fourth-order valence-electron chi connectivity index (χ4n) is 2.67. The topological polar surface area (TPSA) is 106 Å². The van der Waals surface area contributed by atoms with Gasteiger partial charge in [0.25, 0.3) is 5.91 Å². The van der Waals surface area contributed by atoms with E-state index in [2.05, 4.69) is 10.5 Å². The molecule has 3 aromatic rings. The zero-order valence-corrected chi connectivity index (χ0v) is 17.0. The van der Waals surface area contributed by atoms with Gasteiger partial charge in [0.2, 0.25) is 0 Å². The molecule has 0 aliphatic carbocycles. The summed E-state index contributed by atoms with van der Waals surface area (Å²) in [5.41, 5.74) is 10.8. The summed E-state index contributed by atoms with van der Waals surface area (Å²) >= 11 is 1.28. The van der Waals surface area contributed by atoms with Crippen molar-refractivity contribution in [3.63, 3.8) is 0 Å². The molecule has 7 nitrogen and oxygen atoms in total. The molecule has 1 amide bonds. The molecule has 4 N–H and O–H groups in total. The first-order valence-corrected chi connectivity index (χ1v) is 9.50. The highest BCUT2D eigenvalue weighted by Crippen LogP contribution is 2.34. The number of phenolic OH excluding ortho intramolecular Hbond substituents is 1. The van der Waals surface area contributed by atoms with Crippen LogP contribution in [0.3, 0.4) is 0 Å². The summed E-state index contributed by atoms with van der Waals surface area (Å²) in [6.07, 6.45) is 0. The Morgan fingerprint density at radius 1 is 1.07 bits per heavy atom. The van der Waals surface area contributed by atoms with Crippen LogP contribution in [0.2, 0.25) is 0 Å². The smallest absolute Gasteiger partial charge is 0.283 e. The quantitative estimate of drug-likeness (QED) is 0.422. The van der Waals surface area contributed by atoms with E-state index in [1.54, 1.807) is 32.2 Å². The average Bonchev–Trinajstić information content (AvgIpc) is 3.13. The molecule has 29 heavy (non-hydrogen) atoms. The predicted molar refractivity (Wildman–Crippen MR) is 115 cm³/mol. The zero-order chi connectivity index (χ0) is 21.0. The minimum absolute atomic E-state index is 0.0114. The number of anilines is 1. The van der Waals surface area contributed by atoms with E-state index in [0.29, 0.717) is 27.6 Å². The highest BCUT2D eigenvalue weighted by molar-refractivity contribution is 7.18. The number of carbonyl (C=O) groups excluding carboxylic acids is 1. The second-order valence-corrected chi connectivity index (χ2v) is 7.20. The van der Waals surface area contributed by atoms with Gasteiger partial charge >= 0.3 is 0 Å². The van der Waals surface area contributed by atoms with E-state index >= 15 is 0 Å². The number of benzene rings is 2. The number of rotatable bonds is 6. The van der Waals surface area contributed by atoms with Gasteiger partial charge in [0, 0.05) is 16.5 Å². The van der Waals surface area contributed by atoms with Gasteiger partial charge in [-0.15, -0.1) is 11.3 Å². The molecule has 0 radical (unpaired) electrons. The SMILES string of the molecule is COc1ccc(-c2cc(N)c(C(=O)N/N=C(\C)c3ccc(OC)cc3O)s2)cc1. The molecule has 0 unspecified atom stereocenters. The van der Waals surface area contributed by atoms with Crippen molar-refractivity contribution in [2.45, 2.75) is 6.92 Å². The largest absolute Gasteiger partial charge is 0.507 e. The minimum Gasteiger partial charge on any atom is -0.507 e. The van der Waals surface area contributed by atoms with Crippen LogP contribution in [0, 0.1) is 0 Å². The van der Waals surface area contributed by atoms with Crippen LogP contribution < -0.4 is 20.6 Å². The highest BCUT2D eigenvalue weighted by Gasteiger charge is 2.16. The van der Waals surface area contributed by atoms with Crippen LogP contribution in [0.25, 0.3) is 10.4 Å². The van der Waals surface area contributed by atoms with Crippen molar-refractivity contribution in [1.82, 2.24) is 5.43 Å². The normalized spacial score (nSPS) is 11.2. The lowest BCUT2D eigenvalue weighted by molar-refractivity contribution is 0.0959. The third-order valence-electron chi connectivity index (χ3n) is 4.26. The molecular formula is C21H21N3O4S. The maximum absolute atomic E-state index is 12.5. The first-order chi connectivity index (χ1) is 13.9. The summed E-state index contributed by atoms with van der Waals surface area (Å²) < 4.78 is 10.2. The van der Waals surface area contributed by atoms with Gasteiger partial charge in [0.05, 0.1) is 25.6 Å². The Morgan fingerprint density at radius 2 is 1.72 bits per heavy atom. The Kier molecular flexibility index (Phi) is 6.04. The van der Waals surface area contributed by atoms with E-state index in [4.69, 9.17) is 15.2 Å². The van der Waals surface area contributed by atoms with Gasteiger partial charge in [-0.2, -0.15) is 5.10 Å². The van der Waals surface area contributed by atoms with E-state index in [1.807, 2.05) is 24.3 Å². The number of amides is 1. The van der Waals surface area contributed by atoms with Gasteiger partial charge in [-0.1, -0.05) is 0 Å². The van der Waals surface area contributed by atoms with Crippen LogP contribution in [0.4, 0.5) is 5.69 Å². The number of methoxy groups -OCH3 is 2. The standard InChI is InChI=1S/C21H21N3O4S/c1-12(16-9-8-15(28-3)10-18(16)25)23-24-21(26)20-17(22)11-19(29-20)13-4-6-14(27-2)7-5-13/h4-11,25H,22H2,1-3H3,(H,24,26)/b23-12+. The maximum atomic E-state index is 12.5. The van der Waals surface area contributed by atoms with E-state index < -0.39 is 5.91 Å². The number of hydrazone groups is 1. The van der Waals surface area contributed by atoms with Crippen LogP contribution >= 0.6 is 11.3 Å². The van der Waals surface area contributed by atoms with Crippen LogP contribution in [-0.4, -0.2) is 30.9 Å². The van der Waals surface area contributed by atoms with E-state index in [9.17, 15) is 9.90 Å².